The van der Waals surface area contributed by atoms with E-state index in [0.717, 1.165) is 18.1 Å². The summed E-state index contributed by atoms with van der Waals surface area (Å²) in [6.07, 6.45) is 4.43. The fraction of sp³-hybridized carbons (Fsp3) is 1.00. The second kappa shape index (κ2) is 1.72. The Morgan fingerprint density at radius 1 is 1.22 bits per heavy atom. The van der Waals surface area contributed by atoms with Crippen LogP contribution in [0.5, 0.6) is 0 Å². The van der Waals surface area contributed by atoms with Gasteiger partial charge in [0.05, 0.1) is 0 Å². The molecule has 0 aromatic heterocycles. The first kappa shape index (κ1) is 5.72. The molecular weight excluding hydrogens is 110 g/mol. The van der Waals surface area contributed by atoms with Gasteiger partial charge in [0.1, 0.15) is 0 Å². The van der Waals surface area contributed by atoms with Gasteiger partial charge in [0.15, 0.2) is 0 Å². The van der Waals surface area contributed by atoms with Gasteiger partial charge in [0.25, 0.3) is 0 Å². The summed E-state index contributed by atoms with van der Waals surface area (Å²) < 4.78 is 0. The van der Waals surface area contributed by atoms with E-state index in [0.29, 0.717) is 0 Å². The number of likely N-dealkylation sites (tertiary alicyclic amines) is 1. The standard InChI is InChI=1S/C8H15N/c1-6(2)9-7-4-3-5-8(7)9/h6-8H,3-5H2,1-2H3/t7-,8+,9?. The lowest BCUT2D eigenvalue weighted by molar-refractivity contribution is 0.360. The predicted molar refractivity (Wildman–Crippen MR) is 38.4 cm³/mol. The van der Waals surface area contributed by atoms with Gasteiger partial charge in [-0.2, -0.15) is 0 Å². The van der Waals surface area contributed by atoms with Crippen LogP contribution >= 0.6 is 0 Å². The number of nitrogens with zero attached hydrogens (tertiary/aromatic N) is 1. The molecule has 0 spiro atoms. The molecule has 0 bridgehead atoms. The Hall–Kier alpha value is -0.0400. The third kappa shape index (κ3) is 0.710. The van der Waals surface area contributed by atoms with Crippen molar-refractivity contribution in [1.29, 1.82) is 0 Å². The van der Waals surface area contributed by atoms with Crippen molar-refractivity contribution >= 4 is 0 Å². The van der Waals surface area contributed by atoms with Crippen molar-refractivity contribution in [2.45, 2.75) is 51.2 Å². The molecule has 9 heavy (non-hydrogen) atoms. The molecule has 1 saturated heterocycles. The molecule has 1 saturated carbocycles. The van der Waals surface area contributed by atoms with Crippen LogP contribution in [0, 0.1) is 0 Å². The molecule has 1 heteroatoms. The van der Waals surface area contributed by atoms with Gasteiger partial charge in [-0.25, -0.2) is 0 Å². The van der Waals surface area contributed by atoms with Crippen molar-refractivity contribution in [1.82, 2.24) is 4.90 Å². The molecule has 2 aliphatic rings. The number of piperidine rings is 1. The molecule has 2 rings (SSSR count). The highest BCUT2D eigenvalue weighted by atomic mass is 15.4. The van der Waals surface area contributed by atoms with E-state index in [1.165, 1.54) is 19.3 Å². The van der Waals surface area contributed by atoms with Crippen molar-refractivity contribution < 1.29 is 0 Å². The molecule has 3 atom stereocenters. The molecule has 1 nitrogen and oxygen atoms in total. The molecular formula is C8H15N. The number of fused-ring (bicyclic) bond motifs is 1. The van der Waals surface area contributed by atoms with E-state index in [2.05, 4.69) is 18.7 Å². The lowest BCUT2D eigenvalue weighted by Gasteiger charge is -2.09. The van der Waals surface area contributed by atoms with E-state index in [1.807, 2.05) is 0 Å². The monoisotopic (exact) mass is 125 g/mol. The van der Waals surface area contributed by atoms with Gasteiger partial charge in [0, 0.05) is 18.1 Å². The molecule has 1 heterocycles. The molecule has 0 amide bonds. The summed E-state index contributed by atoms with van der Waals surface area (Å²) in [5.41, 5.74) is 0. The van der Waals surface area contributed by atoms with Crippen LogP contribution in [0.4, 0.5) is 0 Å². The molecule has 0 aromatic rings. The van der Waals surface area contributed by atoms with Crippen molar-refractivity contribution in [3.8, 4) is 0 Å². The van der Waals surface area contributed by atoms with Gasteiger partial charge in [-0.3, -0.25) is 4.90 Å². The Kier molecular flexibility index (Phi) is 1.10. The third-order valence-corrected chi connectivity index (χ3v) is 2.72. The highest BCUT2D eigenvalue weighted by molar-refractivity contribution is 5.07. The summed E-state index contributed by atoms with van der Waals surface area (Å²) in [5.74, 6) is 0. The number of hydrogen-bond donors (Lipinski definition) is 0. The van der Waals surface area contributed by atoms with Crippen LogP contribution in [-0.4, -0.2) is 23.0 Å². The van der Waals surface area contributed by atoms with E-state index in [1.54, 1.807) is 0 Å². The van der Waals surface area contributed by atoms with Crippen LogP contribution in [0.3, 0.4) is 0 Å². The van der Waals surface area contributed by atoms with Gasteiger partial charge in [0.2, 0.25) is 0 Å². The maximum absolute atomic E-state index is 2.64. The van der Waals surface area contributed by atoms with Crippen molar-refractivity contribution in [3.05, 3.63) is 0 Å². The molecule has 0 radical (unpaired) electrons. The average molecular weight is 125 g/mol. The Morgan fingerprint density at radius 3 is 2.11 bits per heavy atom. The molecule has 0 aromatic carbocycles. The Bertz CT molecular complexity index is 110. The summed E-state index contributed by atoms with van der Waals surface area (Å²) in [7, 11) is 0. The minimum Gasteiger partial charge on any atom is -0.292 e. The Balaban J connectivity index is 1.94. The maximum Gasteiger partial charge on any atom is 0.0258 e. The van der Waals surface area contributed by atoms with Gasteiger partial charge in [-0.1, -0.05) is 6.42 Å². The summed E-state index contributed by atoms with van der Waals surface area (Å²) in [6.45, 7) is 4.61. The SMILES string of the molecule is CC(C)N1[C@@H]2CCC[C@@H]21. The Morgan fingerprint density at radius 2 is 1.78 bits per heavy atom. The largest absolute Gasteiger partial charge is 0.292 e. The van der Waals surface area contributed by atoms with Crippen LogP contribution in [0.25, 0.3) is 0 Å². The van der Waals surface area contributed by atoms with Crippen molar-refractivity contribution in [3.63, 3.8) is 0 Å². The first-order valence-corrected chi connectivity index (χ1v) is 4.08. The zero-order valence-electron chi connectivity index (χ0n) is 6.30. The van der Waals surface area contributed by atoms with E-state index >= 15 is 0 Å². The second-order valence-corrected chi connectivity index (χ2v) is 3.61. The summed E-state index contributed by atoms with van der Waals surface area (Å²) >= 11 is 0. The van der Waals surface area contributed by atoms with Crippen molar-refractivity contribution in [2.24, 2.45) is 0 Å². The first-order valence-electron chi connectivity index (χ1n) is 4.08. The first-order chi connectivity index (χ1) is 4.30. The Labute approximate surface area is 57.0 Å². The van der Waals surface area contributed by atoms with Gasteiger partial charge < -0.3 is 0 Å². The highest BCUT2D eigenvalue weighted by Gasteiger charge is 2.51. The fourth-order valence-corrected chi connectivity index (χ4v) is 2.34. The van der Waals surface area contributed by atoms with E-state index in [-0.39, 0.29) is 0 Å². The topological polar surface area (TPSA) is 3.01 Å². The van der Waals surface area contributed by atoms with Crippen LogP contribution in [0.1, 0.15) is 33.1 Å². The number of hydrogen-bond acceptors (Lipinski definition) is 1. The quantitative estimate of drug-likeness (QED) is 0.481. The normalized spacial score (nSPS) is 47.7. The maximum atomic E-state index is 2.64. The lowest BCUT2D eigenvalue weighted by atomic mass is 10.3. The molecule has 1 aliphatic heterocycles. The van der Waals surface area contributed by atoms with E-state index < -0.39 is 0 Å². The molecule has 2 fully saturated rings. The lowest BCUT2D eigenvalue weighted by Crippen LogP contribution is -2.15. The molecule has 1 aliphatic carbocycles. The smallest absolute Gasteiger partial charge is 0.0258 e. The second-order valence-electron chi connectivity index (χ2n) is 3.61. The van der Waals surface area contributed by atoms with Crippen molar-refractivity contribution in [2.75, 3.05) is 0 Å². The average Bonchev–Trinajstić information content (AvgIpc) is 2.30. The summed E-state index contributed by atoms with van der Waals surface area (Å²) in [4.78, 5) is 2.64. The highest BCUT2D eigenvalue weighted by Crippen LogP contribution is 2.43. The van der Waals surface area contributed by atoms with Crippen LogP contribution in [0.2, 0.25) is 0 Å². The third-order valence-electron chi connectivity index (χ3n) is 2.72. The molecule has 52 valence electrons. The predicted octanol–water partition coefficient (Wildman–Crippen LogP) is 1.63. The van der Waals surface area contributed by atoms with Crippen LogP contribution < -0.4 is 0 Å². The summed E-state index contributed by atoms with van der Waals surface area (Å²) in [6, 6.07) is 2.82. The van der Waals surface area contributed by atoms with Gasteiger partial charge in [-0.15, -0.1) is 0 Å². The van der Waals surface area contributed by atoms with Gasteiger partial charge in [-0.05, 0) is 26.7 Å². The van der Waals surface area contributed by atoms with E-state index in [4.69, 9.17) is 0 Å². The van der Waals surface area contributed by atoms with Crippen LogP contribution in [0.15, 0.2) is 0 Å². The van der Waals surface area contributed by atoms with Crippen LogP contribution in [-0.2, 0) is 0 Å². The zero-order chi connectivity index (χ0) is 6.43. The molecule has 0 N–H and O–H groups in total. The minimum absolute atomic E-state index is 0.806. The van der Waals surface area contributed by atoms with E-state index in [9.17, 15) is 0 Å². The zero-order valence-corrected chi connectivity index (χ0v) is 6.30. The van der Waals surface area contributed by atoms with Gasteiger partial charge >= 0.3 is 0 Å². The summed E-state index contributed by atoms with van der Waals surface area (Å²) in [5, 5.41) is 0. The molecule has 1 unspecified atom stereocenters. The minimum atomic E-state index is 0.806. The number of rotatable bonds is 1. The fourth-order valence-electron chi connectivity index (χ4n) is 2.34.